The highest BCUT2D eigenvalue weighted by molar-refractivity contribution is 5.99. The maximum absolute atomic E-state index is 12.4. The fraction of sp³-hybridized carbons (Fsp3) is 0.333. The third kappa shape index (κ3) is 5.92. The number of methoxy groups -OCH3 is 1. The molecule has 0 saturated heterocycles. The third-order valence-corrected chi connectivity index (χ3v) is 3.71. The average molecular weight is 354 g/mol. The minimum Gasteiger partial charge on any atom is -0.497 e. The average Bonchev–Trinajstić information content (AvgIpc) is 2.60. The quantitative estimate of drug-likeness (QED) is 0.837. The fourth-order valence-electron chi connectivity index (χ4n) is 2.46. The molecule has 0 atom stereocenters. The van der Waals surface area contributed by atoms with Crippen LogP contribution in [-0.2, 0) is 6.42 Å². The van der Waals surface area contributed by atoms with E-state index in [-0.39, 0.29) is 17.4 Å². The van der Waals surface area contributed by atoms with Crippen LogP contribution in [0.2, 0.25) is 0 Å². The predicted octanol–water partition coefficient (Wildman–Crippen LogP) is 3.20. The van der Waals surface area contributed by atoms with Crippen LogP contribution in [0.5, 0.6) is 5.75 Å². The summed E-state index contributed by atoms with van der Waals surface area (Å²) >= 11 is 0. The van der Waals surface area contributed by atoms with Crippen molar-refractivity contribution in [3.05, 3.63) is 65.2 Å². The maximum atomic E-state index is 12.4. The molecule has 2 rings (SSSR count). The molecule has 0 bridgehead atoms. The lowest BCUT2D eigenvalue weighted by molar-refractivity contribution is 0.0919. The molecule has 0 unspecified atom stereocenters. The largest absolute Gasteiger partial charge is 0.497 e. The van der Waals surface area contributed by atoms with E-state index >= 15 is 0 Å². The van der Waals surface area contributed by atoms with Crippen LogP contribution in [0.25, 0.3) is 0 Å². The van der Waals surface area contributed by atoms with Crippen molar-refractivity contribution in [2.75, 3.05) is 13.7 Å². The van der Waals surface area contributed by atoms with Gasteiger partial charge in [-0.1, -0.05) is 18.2 Å². The molecule has 0 spiro atoms. The number of carbonyl (C=O) groups excluding carboxylic acids is 2. The van der Waals surface area contributed by atoms with Crippen molar-refractivity contribution >= 4 is 11.8 Å². The zero-order valence-corrected chi connectivity index (χ0v) is 15.8. The number of nitrogens with one attached hydrogen (secondary N) is 2. The van der Waals surface area contributed by atoms with Crippen molar-refractivity contribution in [2.45, 2.75) is 32.7 Å². The maximum Gasteiger partial charge on any atom is 0.251 e. The Morgan fingerprint density at radius 3 is 2.27 bits per heavy atom. The molecule has 0 fully saturated rings. The Balaban J connectivity index is 1.95. The first-order chi connectivity index (χ1) is 12.3. The summed E-state index contributed by atoms with van der Waals surface area (Å²) in [5.41, 5.74) is 1.70. The smallest absolute Gasteiger partial charge is 0.251 e. The van der Waals surface area contributed by atoms with E-state index in [4.69, 9.17) is 4.74 Å². The van der Waals surface area contributed by atoms with Crippen LogP contribution in [0.3, 0.4) is 0 Å². The molecule has 0 saturated carbocycles. The van der Waals surface area contributed by atoms with Gasteiger partial charge >= 0.3 is 0 Å². The van der Waals surface area contributed by atoms with Crippen molar-refractivity contribution in [3.63, 3.8) is 0 Å². The van der Waals surface area contributed by atoms with Crippen LogP contribution in [-0.4, -0.2) is 31.0 Å². The highest BCUT2D eigenvalue weighted by Crippen LogP contribution is 2.13. The van der Waals surface area contributed by atoms with Gasteiger partial charge in [0.25, 0.3) is 11.8 Å². The van der Waals surface area contributed by atoms with Gasteiger partial charge < -0.3 is 15.4 Å². The van der Waals surface area contributed by atoms with E-state index in [2.05, 4.69) is 10.6 Å². The molecule has 2 aromatic carbocycles. The SMILES string of the molecule is COc1cccc(CCNC(=O)c2cccc(C(=O)NC(C)(C)C)c2)c1. The minimum atomic E-state index is -0.327. The lowest BCUT2D eigenvalue weighted by atomic mass is 10.1. The molecule has 138 valence electrons. The standard InChI is InChI=1S/C21H26N2O3/c1-21(2,3)23-20(25)17-9-6-8-16(14-17)19(24)22-12-11-15-7-5-10-18(13-15)26-4/h5-10,13-14H,11-12H2,1-4H3,(H,22,24)(H,23,25). The van der Waals surface area contributed by atoms with Gasteiger partial charge in [-0.3, -0.25) is 9.59 Å². The lowest BCUT2D eigenvalue weighted by Crippen LogP contribution is -2.40. The fourth-order valence-corrected chi connectivity index (χ4v) is 2.46. The first kappa shape index (κ1) is 19.5. The minimum absolute atomic E-state index is 0.191. The summed E-state index contributed by atoms with van der Waals surface area (Å²) in [5.74, 6) is 0.410. The zero-order valence-electron chi connectivity index (χ0n) is 15.8. The van der Waals surface area contributed by atoms with Crippen LogP contribution in [0, 0.1) is 0 Å². The van der Waals surface area contributed by atoms with Crippen LogP contribution < -0.4 is 15.4 Å². The monoisotopic (exact) mass is 354 g/mol. The van der Waals surface area contributed by atoms with E-state index in [0.717, 1.165) is 11.3 Å². The van der Waals surface area contributed by atoms with Crippen molar-refractivity contribution in [1.29, 1.82) is 0 Å². The summed E-state index contributed by atoms with van der Waals surface area (Å²) in [6.45, 7) is 6.25. The summed E-state index contributed by atoms with van der Waals surface area (Å²) in [6, 6.07) is 14.5. The van der Waals surface area contributed by atoms with Crippen LogP contribution in [0.15, 0.2) is 48.5 Å². The van der Waals surface area contributed by atoms with Gasteiger partial charge in [-0.15, -0.1) is 0 Å². The van der Waals surface area contributed by atoms with Gasteiger partial charge in [0.15, 0.2) is 0 Å². The first-order valence-corrected chi connectivity index (χ1v) is 8.62. The highest BCUT2D eigenvalue weighted by atomic mass is 16.5. The number of hydrogen-bond acceptors (Lipinski definition) is 3. The van der Waals surface area contributed by atoms with Crippen LogP contribution >= 0.6 is 0 Å². The summed E-state index contributed by atoms with van der Waals surface area (Å²) in [7, 11) is 1.63. The summed E-state index contributed by atoms with van der Waals surface area (Å²) in [4.78, 5) is 24.6. The molecule has 5 nitrogen and oxygen atoms in total. The number of ether oxygens (including phenoxy) is 1. The van der Waals surface area contributed by atoms with Crippen molar-refractivity contribution in [3.8, 4) is 5.75 Å². The van der Waals surface area contributed by atoms with Gasteiger partial charge in [-0.25, -0.2) is 0 Å². The summed E-state index contributed by atoms with van der Waals surface area (Å²) in [6.07, 6.45) is 0.702. The van der Waals surface area contributed by atoms with E-state index in [9.17, 15) is 9.59 Å². The molecule has 2 amide bonds. The van der Waals surface area contributed by atoms with Gasteiger partial charge in [0.05, 0.1) is 7.11 Å². The van der Waals surface area contributed by atoms with Gasteiger partial charge in [0.1, 0.15) is 5.75 Å². The molecule has 2 N–H and O–H groups in total. The summed E-state index contributed by atoms with van der Waals surface area (Å²) in [5, 5.41) is 5.78. The molecule has 2 aromatic rings. The Labute approximate surface area is 154 Å². The molecule has 0 aliphatic carbocycles. The molecular weight excluding hydrogens is 328 g/mol. The Bertz CT molecular complexity index is 779. The van der Waals surface area contributed by atoms with Gasteiger partial charge in [-0.2, -0.15) is 0 Å². The van der Waals surface area contributed by atoms with Crippen LogP contribution in [0.4, 0.5) is 0 Å². The predicted molar refractivity (Wildman–Crippen MR) is 103 cm³/mol. The number of benzene rings is 2. The molecule has 0 radical (unpaired) electrons. The molecular formula is C21H26N2O3. The van der Waals surface area contributed by atoms with Gasteiger partial charge in [0.2, 0.25) is 0 Å². The van der Waals surface area contributed by atoms with Crippen molar-refractivity contribution < 1.29 is 14.3 Å². The van der Waals surface area contributed by atoms with E-state index in [0.29, 0.717) is 24.1 Å². The zero-order chi connectivity index (χ0) is 19.2. The normalized spacial score (nSPS) is 10.9. The molecule has 0 aliphatic heterocycles. The Kier molecular flexibility index (Phi) is 6.39. The molecule has 0 heterocycles. The second-order valence-corrected chi connectivity index (χ2v) is 7.14. The molecule has 5 heteroatoms. The van der Waals surface area contributed by atoms with E-state index < -0.39 is 0 Å². The van der Waals surface area contributed by atoms with E-state index in [1.54, 1.807) is 31.4 Å². The Morgan fingerprint density at radius 2 is 1.62 bits per heavy atom. The van der Waals surface area contributed by atoms with Crippen molar-refractivity contribution in [1.82, 2.24) is 10.6 Å². The second-order valence-electron chi connectivity index (χ2n) is 7.14. The molecule has 0 aliphatic rings. The molecule has 0 aromatic heterocycles. The first-order valence-electron chi connectivity index (χ1n) is 8.62. The van der Waals surface area contributed by atoms with E-state index in [1.165, 1.54) is 0 Å². The lowest BCUT2D eigenvalue weighted by Gasteiger charge is -2.20. The number of carbonyl (C=O) groups is 2. The van der Waals surface area contributed by atoms with Gasteiger partial charge in [-0.05, 0) is 63.1 Å². The highest BCUT2D eigenvalue weighted by Gasteiger charge is 2.16. The number of rotatable bonds is 6. The second kappa shape index (κ2) is 8.52. The topological polar surface area (TPSA) is 67.4 Å². The van der Waals surface area contributed by atoms with Gasteiger partial charge in [0, 0.05) is 23.2 Å². The number of hydrogen-bond donors (Lipinski definition) is 2. The molecule has 26 heavy (non-hydrogen) atoms. The Hall–Kier alpha value is -2.82. The van der Waals surface area contributed by atoms with Crippen molar-refractivity contribution in [2.24, 2.45) is 0 Å². The van der Waals surface area contributed by atoms with E-state index in [1.807, 2.05) is 45.0 Å². The number of amides is 2. The summed E-state index contributed by atoms with van der Waals surface area (Å²) < 4.78 is 5.20. The Morgan fingerprint density at radius 1 is 0.962 bits per heavy atom. The van der Waals surface area contributed by atoms with Crippen LogP contribution in [0.1, 0.15) is 47.1 Å². The third-order valence-electron chi connectivity index (χ3n) is 3.71.